The van der Waals surface area contributed by atoms with Crippen molar-refractivity contribution >= 4 is 5.97 Å². The molecule has 5 nitrogen and oxygen atoms in total. The number of ether oxygens (including phenoxy) is 1. The molecule has 1 rings (SSSR count). The molecule has 0 bridgehead atoms. The average molecular weight is 120 g/mol. The predicted octanol–water partition coefficient (Wildman–Crippen LogP) is -1.89. The van der Waals surface area contributed by atoms with E-state index in [0.29, 0.717) is 0 Å². The van der Waals surface area contributed by atoms with E-state index in [0.717, 1.165) is 0 Å². The van der Waals surface area contributed by atoms with Crippen LogP contribution in [-0.4, -0.2) is 33.4 Å². The maximum Gasteiger partial charge on any atom is 0.370 e. The van der Waals surface area contributed by atoms with E-state index < -0.39 is 18.0 Å². The zero-order valence-electron chi connectivity index (χ0n) is 3.74. The van der Waals surface area contributed by atoms with Gasteiger partial charge in [0.2, 0.25) is 6.29 Å². The van der Waals surface area contributed by atoms with E-state index in [1.54, 1.807) is 0 Å². The molecule has 2 unspecified atom stereocenters. The van der Waals surface area contributed by atoms with Crippen LogP contribution < -0.4 is 0 Å². The van der Waals surface area contributed by atoms with Crippen LogP contribution >= 0.6 is 0 Å². The van der Waals surface area contributed by atoms with Crippen molar-refractivity contribution in [3.63, 3.8) is 0 Å². The molecule has 0 aromatic rings. The molecule has 1 aliphatic heterocycles. The lowest BCUT2D eigenvalue weighted by atomic mass is 10.4. The van der Waals surface area contributed by atoms with E-state index in [-0.39, 0.29) is 0 Å². The third kappa shape index (κ3) is 0.492. The molecule has 0 aromatic heterocycles. The van der Waals surface area contributed by atoms with Crippen LogP contribution in [0.5, 0.6) is 0 Å². The van der Waals surface area contributed by atoms with Gasteiger partial charge in [0.05, 0.1) is 0 Å². The SMILES string of the molecule is O=C(O)C1(O)OC1O. The molecule has 0 saturated carbocycles. The van der Waals surface area contributed by atoms with Crippen molar-refractivity contribution in [2.75, 3.05) is 0 Å². The molecule has 0 amide bonds. The Morgan fingerprint density at radius 3 is 2.12 bits per heavy atom. The highest BCUT2D eigenvalue weighted by Gasteiger charge is 2.62. The lowest BCUT2D eigenvalue weighted by molar-refractivity contribution is -0.157. The quantitative estimate of drug-likeness (QED) is 0.352. The summed E-state index contributed by atoms with van der Waals surface area (Å²) < 4.78 is 3.88. The Hall–Kier alpha value is -0.650. The minimum Gasteiger partial charge on any atom is -0.477 e. The van der Waals surface area contributed by atoms with Crippen LogP contribution in [0, 0.1) is 0 Å². The van der Waals surface area contributed by atoms with Crippen LogP contribution in [0.25, 0.3) is 0 Å². The smallest absolute Gasteiger partial charge is 0.370 e. The van der Waals surface area contributed by atoms with Crippen molar-refractivity contribution in [3.05, 3.63) is 0 Å². The number of carbonyl (C=O) groups is 1. The van der Waals surface area contributed by atoms with Crippen molar-refractivity contribution < 1.29 is 24.9 Å². The van der Waals surface area contributed by atoms with Crippen LogP contribution in [0.1, 0.15) is 0 Å². The van der Waals surface area contributed by atoms with Gasteiger partial charge in [0.25, 0.3) is 0 Å². The van der Waals surface area contributed by atoms with Gasteiger partial charge in [-0.25, -0.2) is 4.79 Å². The number of aliphatic hydroxyl groups excluding tert-OH is 1. The normalized spacial score (nSPS) is 44.0. The highest BCUT2D eigenvalue weighted by molar-refractivity contribution is 5.78. The molecule has 8 heavy (non-hydrogen) atoms. The Labute approximate surface area is 44.1 Å². The van der Waals surface area contributed by atoms with Gasteiger partial charge in [-0.3, -0.25) is 0 Å². The Kier molecular flexibility index (Phi) is 0.817. The van der Waals surface area contributed by atoms with Gasteiger partial charge < -0.3 is 20.1 Å². The number of aliphatic hydroxyl groups is 2. The second-order valence-corrected chi connectivity index (χ2v) is 1.47. The molecule has 0 aliphatic carbocycles. The number of carboxylic acids is 1. The minimum absolute atomic E-state index is 1.56. The fraction of sp³-hybridized carbons (Fsp3) is 0.667. The number of hydrogen-bond acceptors (Lipinski definition) is 4. The topological polar surface area (TPSA) is 90.3 Å². The van der Waals surface area contributed by atoms with Crippen molar-refractivity contribution in [1.29, 1.82) is 0 Å². The Morgan fingerprint density at radius 2 is 2.12 bits per heavy atom. The highest BCUT2D eigenvalue weighted by atomic mass is 16.8. The standard InChI is InChI=1S/C3H4O5/c4-1(5)3(7)2(6)8-3/h2,6-7H,(H,4,5). The summed E-state index contributed by atoms with van der Waals surface area (Å²) in [4.78, 5) is 9.76. The van der Waals surface area contributed by atoms with Crippen molar-refractivity contribution in [3.8, 4) is 0 Å². The molecule has 1 saturated heterocycles. The number of carboxylic acid groups (broad SMARTS) is 1. The molecular formula is C3H4O5. The summed E-state index contributed by atoms with van der Waals surface area (Å²) in [5, 5.41) is 24.6. The van der Waals surface area contributed by atoms with Crippen molar-refractivity contribution in [2.45, 2.75) is 12.1 Å². The molecule has 0 aromatic carbocycles. The van der Waals surface area contributed by atoms with Crippen LogP contribution in [0.15, 0.2) is 0 Å². The van der Waals surface area contributed by atoms with E-state index in [2.05, 4.69) is 4.74 Å². The van der Waals surface area contributed by atoms with E-state index in [1.165, 1.54) is 0 Å². The van der Waals surface area contributed by atoms with Crippen LogP contribution in [0.2, 0.25) is 0 Å². The van der Waals surface area contributed by atoms with Crippen molar-refractivity contribution in [2.24, 2.45) is 0 Å². The summed E-state index contributed by atoms with van der Waals surface area (Å²) in [6, 6.07) is 0. The van der Waals surface area contributed by atoms with Crippen molar-refractivity contribution in [1.82, 2.24) is 0 Å². The van der Waals surface area contributed by atoms with E-state index in [4.69, 9.17) is 15.3 Å². The monoisotopic (exact) mass is 120 g/mol. The van der Waals surface area contributed by atoms with Gasteiger partial charge in [0, 0.05) is 0 Å². The van der Waals surface area contributed by atoms with Gasteiger partial charge in [-0.05, 0) is 0 Å². The summed E-state index contributed by atoms with van der Waals surface area (Å²) >= 11 is 0. The first kappa shape index (κ1) is 5.49. The zero-order chi connectivity index (χ0) is 6.36. The first-order valence-corrected chi connectivity index (χ1v) is 1.89. The molecule has 1 heterocycles. The third-order valence-electron chi connectivity index (χ3n) is 0.875. The average Bonchev–Trinajstić information content (AvgIpc) is 2.17. The Bertz CT molecular complexity index is 132. The lowest BCUT2D eigenvalue weighted by Gasteiger charge is -1.90. The molecule has 2 atom stereocenters. The summed E-state index contributed by atoms with van der Waals surface area (Å²) in [5.74, 6) is -3.88. The minimum atomic E-state index is -2.32. The van der Waals surface area contributed by atoms with Gasteiger partial charge in [0.1, 0.15) is 0 Å². The van der Waals surface area contributed by atoms with Gasteiger partial charge in [-0.15, -0.1) is 0 Å². The fourth-order valence-corrected chi connectivity index (χ4v) is 0.292. The summed E-state index contributed by atoms with van der Waals surface area (Å²) in [6.45, 7) is 0. The number of aliphatic carboxylic acids is 1. The van der Waals surface area contributed by atoms with E-state index in [1.807, 2.05) is 0 Å². The van der Waals surface area contributed by atoms with Gasteiger partial charge in [-0.2, -0.15) is 0 Å². The van der Waals surface area contributed by atoms with Gasteiger partial charge in [0.15, 0.2) is 0 Å². The Balaban J connectivity index is 2.60. The van der Waals surface area contributed by atoms with Gasteiger partial charge in [-0.1, -0.05) is 0 Å². The molecule has 0 spiro atoms. The number of epoxide rings is 1. The fourth-order valence-electron chi connectivity index (χ4n) is 0.292. The second-order valence-electron chi connectivity index (χ2n) is 1.47. The molecule has 0 radical (unpaired) electrons. The number of hydrogen-bond donors (Lipinski definition) is 3. The van der Waals surface area contributed by atoms with E-state index in [9.17, 15) is 4.79 Å². The number of rotatable bonds is 1. The largest absolute Gasteiger partial charge is 0.477 e. The maximum absolute atomic E-state index is 9.76. The summed E-state index contributed by atoms with van der Waals surface area (Å²) in [5.41, 5.74) is 0. The van der Waals surface area contributed by atoms with Crippen LogP contribution in [-0.2, 0) is 9.53 Å². The second kappa shape index (κ2) is 1.19. The lowest BCUT2D eigenvalue weighted by Crippen LogP contribution is -2.25. The molecule has 5 heteroatoms. The molecule has 1 fully saturated rings. The Morgan fingerprint density at radius 1 is 1.75 bits per heavy atom. The van der Waals surface area contributed by atoms with Gasteiger partial charge >= 0.3 is 11.8 Å². The first-order chi connectivity index (χ1) is 3.57. The molecular weight excluding hydrogens is 116 g/mol. The maximum atomic E-state index is 9.76. The molecule has 1 aliphatic rings. The molecule has 3 N–H and O–H groups in total. The predicted molar refractivity (Wildman–Crippen MR) is 19.7 cm³/mol. The van der Waals surface area contributed by atoms with E-state index >= 15 is 0 Å². The third-order valence-corrected chi connectivity index (χ3v) is 0.875. The summed E-state index contributed by atoms with van der Waals surface area (Å²) in [7, 11) is 0. The van der Waals surface area contributed by atoms with Crippen LogP contribution in [0.4, 0.5) is 0 Å². The molecule has 46 valence electrons. The highest BCUT2D eigenvalue weighted by Crippen LogP contribution is 2.30. The zero-order valence-corrected chi connectivity index (χ0v) is 3.74. The van der Waals surface area contributed by atoms with Crippen LogP contribution in [0.3, 0.4) is 0 Å². The summed E-state index contributed by atoms with van der Waals surface area (Å²) in [6.07, 6.45) is -1.56. The first-order valence-electron chi connectivity index (χ1n) is 1.89.